The average Bonchev–Trinajstić information content (AvgIpc) is 3.45. The molecule has 1 saturated heterocycles. The molecule has 0 bridgehead atoms. The third-order valence-corrected chi connectivity index (χ3v) is 4.84. The summed E-state index contributed by atoms with van der Waals surface area (Å²) in [4.78, 5) is 9.63. The van der Waals surface area contributed by atoms with Crippen molar-refractivity contribution in [3.63, 3.8) is 0 Å². The molecule has 3 rings (SSSR count). The van der Waals surface area contributed by atoms with Crippen molar-refractivity contribution >= 4 is 11.6 Å². The molecule has 132 valence electrons. The Kier molecular flexibility index (Phi) is 5.83. The molecule has 0 amide bonds. The van der Waals surface area contributed by atoms with Crippen molar-refractivity contribution in [1.29, 1.82) is 0 Å². The number of anilines is 1. The fraction of sp³-hybridized carbons (Fsp3) is 0.632. The molecule has 0 radical (unpaired) electrons. The van der Waals surface area contributed by atoms with Gasteiger partial charge in [-0.2, -0.15) is 0 Å². The minimum atomic E-state index is 0.926. The molecular weight excluding hydrogens is 300 g/mol. The lowest BCUT2D eigenvalue weighted by molar-refractivity contribution is 0.367. The number of methoxy groups -OCH3 is 1. The lowest BCUT2D eigenvalue weighted by Gasteiger charge is -2.38. The van der Waals surface area contributed by atoms with Crippen LogP contribution in [0, 0.1) is 5.92 Å². The molecule has 1 saturated carbocycles. The maximum Gasteiger partial charge on any atom is 0.194 e. The van der Waals surface area contributed by atoms with Gasteiger partial charge in [0.2, 0.25) is 0 Å². The predicted octanol–water partition coefficient (Wildman–Crippen LogP) is 2.58. The van der Waals surface area contributed by atoms with Crippen LogP contribution in [-0.4, -0.2) is 57.2 Å². The zero-order chi connectivity index (χ0) is 16.8. The zero-order valence-corrected chi connectivity index (χ0v) is 15.0. The number of nitrogens with zero attached hydrogens (tertiary/aromatic N) is 3. The topological polar surface area (TPSA) is 40.1 Å². The van der Waals surface area contributed by atoms with Gasteiger partial charge in [0.05, 0.1) is 12.8 Å². The van der Waals surface area contributed by atoms with Gasteiger partial charge in [0.25, 0.3) is 0 Å². The van der Waals surface area contributed by atoms with Crippen LogP contribution in [0.15, 0.2) is 29.3 Å². The van der Waals surface area contributed by atoms with E-state index in [-0.39, 0.29) is 0 Å². The summed E-state index contributed by atoms with van der Waals surface area (Å²) < 4.78 is 5.50. The van der Waals surface area contributed by atoms with Gasteiger partial charge in [-0.1, -0.05) is 25.0 Å². The molecule has 0 unspecified atom stereocenters. The lowest BCUT2D eigenvalue weighted by atomic mass is 10.2. The molecule has 1 aromatic rings. The Morgan fingerprint density at radius 3 is 2.62 bits per heavy atom. The quantitative estimate of drug-likeness (QED) is 0.643. The van der Waals surface area contributed by atoms with Crippen LogP contribution in [0.2, 0.25) is 0 Å². The standard InChI is InChI=1S/C19H30N4O/c1-3-20-19(21-11-10-16-8-9-16)23-14-12-22(13-15-23)17-6-4-5-7-18(17)24-2/h4-7,16H,3,8-15H2,1-2H3,(H,20,21). The number of guanidine groups is 1. The molecular formula is C19H30N4O. The molecule has 1 aromatic carbocycles. The number of ether oxygens (including phenoxy) is 1. The van der Waals surface area contributed by atoms with E-state index >= 15 is 0 Å². The predicted molar refractivity (Wildman–Crippen MR) is 100 cm³/mol. The number of benzene rings is 1. The van der Waals surface area contributed by atoms with Crippen LogP contribution in [0.25, 0.3) is 0 Å². The van der Waals surface area contributed by atoms with Gasteiger partial charge in [0.1, 0.15) is 5.75 Å². The first-order valence-corrected chi connectivity index (χ1v) is 9.23. The maximum atomic E-state index is 5.50. The van der Waals surface area contributed by atoms with E-state index in [2.05, 4.69) is 34.2 Å². The van der Waals surface area contributed by atoms with E-state index in [0.29, 0.717) is 0 Å². The van der Waals surface area contributed by atoms with Gasteiger partial charge in [0.15, 0.2) is 5.96 Å². The van der Waals surface area contributed by atoms with Crippen LogP contribution >= 0.6 is 0 Å². The first-order chi connectivity index (χ1) is 11.8. The second kappa shape index (κ2) is 8.27. The first kappa shape index (κ1) is 16.9. The molecule has 1 heterocycles. The van der Waals surface area contributed by atoms with E-state index in [1.165, 1.54) is 24.9 Å². The molecule has 2 aliphatic rings. The molecule has 0 atom stereocenters. The third-order valence-electron chi connectivity index (χ3n) is 4.84. The number of rotatable bonds is 6. The number of para-hydroxylation sites is 2. The molecule has 24 heavy (non-hydrogen) atoms. The Balaban J connectivity index is 1.57. The second-order valence-corrected chi connectivity index (χ2v) is 6.61. The van der Waals surface area contributed by atoms with Crippen molar-refractivity contribution in [2.75, 3.05) is 51.3 Å². The summed E-state index contributed by atoms with van der Waals surface area (Å²) in [7, 11) is 1.74. The SMILES string of the molecule is CCNC(=NCCC1CC1)N1CCN(c2ccccc2OC)CC1. The van der Waals surface area contributed by atoms with Crippen LogP contribution in [-0.2, 0) is 0 Å². The molecule has 1 N–H and O–H groups in total. The van der Waals surface area contributed by atoms with Crippen molar-refractivity contribution in [2.24, 2.45) is 10.9 Å². The van der Waals surface area contributed by atoms with Gasteiger partial charge in [0, 0.05) is 39.3 Å². The van der Waals surface area contributed by atoms with Gasteiger partial charge in [-0.15, -0.1) is 0 Å². The highest BCUT2D eigenvalue weighted by atomic mass is 16.5. The van der Waals surface area contributed by atoms with Crippen LogP contribution in [0.3, 0.4) is 0 Å². The molecule has 5 nitrogen and oxygen atoms in total. The fourth-order valence-electron chi connectivity index (χ4n) is 3.24. The van der Waals surface area contributed by atoms with E-state index in [1.807, 2.05) is 12.1 Å². The lowest BCUT2D eigenvalue weighted by Crippen LogP contribution is -2.52. The van der Waals surface area contributed by atoms with Gasteiger partial charge in [-0.3, -0.25) is 4.99 Å². The monoisotopic (exact) mass is 330 g/mol. The first-order valence-electron chi connectivity index (χ1n) is 9.23. The Labute approximate surface area is 145 Å². The summed E-state index contributed by atoms with van der Waals surface area (Å²) in [6, 6.07) is 8.27. The number of hydrogen-bond donors (Lipinski definition) is 1. The smallest absolute Gasteiger partial charge is 0.194 e. The largest absolute Gasteiger partial charge is 0.495 e. The van der Waals surface area contributed by atoms with Gasteiger partial charge < -0.3 is 19.9 Å². The van der Waals surface area contributed by atoms with Gasteiger partial charge in [-0.05, 0) is 31.4 Å². The summed E-state index contributed by atoms with van der Waals surface area (Å²) in [5.74, 6) is 2.98. The average molecular weight is 330 g/mol. The maximum absolute atomic E-state index is 5.50. The summed E-state index contributed by atoms with van der Waals surface area (Å²) in [6.07, 6.45) is 4.06. The number of hydrogen-bond acceptors (Lipinski definition) is 3. The van der Waals surface area contributed by atoms with E-state index in [9.17, 15) is 0 Å². The second-order valence-electron chi connectivity index (χ2n) is 6.61. The summed E-state index contributed by atoms with van der Waals surface area (Å²) in [6.45, 7) is 8.00. The third kappa shape index (κ3) is 4.34. The van der Waals surface area contributed by atoms with Crippen LogP contribution in [0.5, 0.6) is 5.75 Å². The van der Waals surface area contributed by atoms with Crippen LogP contribution < -0.4 is 15.0 Å². The zero-order valence-electron chi connectivity index (χ0n) is 15.0. The number of aliphatic imine (C=N–C) groups is 1. The van der Waals surface area contributed by atoms with Crippen LogP contribution in [0.4, 0.5) is 5.69 Å². The summed E-state index contributed by atoms with van der Waals surface area (Å²) in [5.41, 5.74) is 1.19. The Bertz CT molecular complexity index is 548. The van der Waals surface area contributed by atoms with E-state index in [1.54, 1.807) is 7.11 Å². The molecule has 2 fully saturated rings. The highest BCUT2D eigenvalue weighted by molar-refractivity contribution is 5.80. The van der Waals surface area contributed by atoms with Gasteiger partial charge >= 0.3 is 0 Å². The number of nitrogens with one attached hydrogen (secondary N) is 1. The molecule has 1 aliphatic carbocycles. The molecule has 1 aliphatic heterocycles. The Morgan fingerprint density at radius 1 is 1.21 bits per heavy atom. The number of piperazine rings is 1. The van der Waals surface area contributed by atoms with Crippen molar-refractivity contribution in [3.8, 4) is 5.75 Å². The highest BCUT2D eigenvalue weighted by Gasteiger charge is 2.23. The Hall–Kier alpha value is -1.91. The molecule has 0 aromatic heterocycles. The minimum absolute atomic E-state index is 0.926. The van der Waals surface area contributed by atoms with E-state index < -0.39 is 0 Å². The highest BCUT2D eigenvalue weighted by Crippen LogP contribution is 2.32. The summed E-state index contributed by atoms with van der Waals surface area (Å²) in [5, 5.41) is 3.46. The normalized spacial score (nSPS) is 18.7. The Morgan fingerprint density at radius 2 is 1.96 bits per heavy atom. The summed E-state index contributed by atoms with van der Waals surface area (Å²) >= 11 is 0. The minimum Gasteiger partial charge on any atom is -0.495 e. The van der Waals surface area contributed by atoms with Crippen molar-refractivity contribution < 1.29 is 4.74 Å². The van der Waals surface area contributed by atoms with E-state index in [0.717, 1.165) is 56.9 Å². The van der Waals surface area contributed by atoms with Gasteiger partial charge in [-0.25, -0.2) is 0 Å². The molecule has 5 heteroatoms. The van der Waals surface area contributed by atoms with Crippen LogP contribution in [0.1, 0.15) is 26.2 Å². The fourth-order valence-corrected chi connectivity index (χ4v) is 3.24. The van der Waals surface area contributed by atoms with Crippen molar-refractivity contribution in [2.45, 2.75) is 26.2 Å². The van der Waals surface area contributed by atoms with Crippen molar-refractivity contribution in [1.82, 2.24) is 10.2 Å². The van der Waals surface area contributed by atoms with E-state index in [4.69, 9.17) is 9.73 Å². The van der Waals surface area contributed by atoms with Crippen molar-refractivity contribution in [3.05, 3.63) is 24.3 Å². The molecule has 0 spiro atoms.